The Hall–Kier alpha value is -2.31. The summed E-state index contributed by atoms with van der Waals surface area (Å²) in [5, 5.41) is 6.38. The highest BCUT2D eigenvalue weighted by molar-refractivity contribution is 7.89. The van der Waals surface area contributed by atoms with Gasteiger partial charge in [-0.05, 0) is 17.5 Å². The molecule has 2 N–H and O–H groups in total. The molecule has 0 atom stereocenters. The number of rotatable bonds is 2. The zero-order chi connectivity index (χ0) is 15.9. The lowest BCUT2D eigenvalue weighted by Gasteiger charge is -2.12. The van der Waals surface area contributed by atoms with E-state index in [-0.39, 0.29) is 16.0 Å². The molecule has 0 heterocycles. The first kappa shape index (κ1) is 14.6. The lowest BCUT2D eigenvalue weighted by Crippen LogP contribution is -2.14. The van der Waals surface area contributed by atoms with Crippen LogP contribution < -0.4 is 5.14 Å². The molecular weight excluding hydrogens is 308 g/mol. The Morgan fingerprint density at radius 2 is 1.55 bits per heavy atom. The number of nitrogens with two attached hydrogens (primary N) is 1. The van der Waals surface area contributed by atoms with E-state index in [1.165, 1.54) is 12.1 Å². The van der Waals surface area contributed by atoms with Gasteiger partial charge in [0.15, 0.2) is 0 Å². The minimum absolute atomic E-state index is 0.0174. The van der Waals surface area contributed by atoms with Gasteiger partial charge in [0.1, 0.15) is 11.6 Å². The Morgan fingerprint density at radius 1 is 0.864 bits per heavy atom. The van der Waals surface area contributed by atoms with E-state index in [4.69, 9.17) is 5.14 Å². The second-order valence-corrected chi connectivity index (χ2v) is 6.33. The van der Waals surface area contributed by atoms with Gasteiger partial charge in [0.2, 0.25) is 10.0 Å². The third-order valence-electron chi connectivity index (χ3n) is 3.39. The van der Waals surface area contributed by atoms with Gasteiger partial charge in [0.05, 0.1) is 4.90 Å². The molecule has 3 aromatic rings. The molecule has 0 saturated heterocycles. The van der Waals surface area contributed by atoms with E-state index in [2.05, 4.69) is 0 Å². The molecule has 0 unspecified atom stereocenters. The molecular formula is C16H11F2NO2S. The van der Waals surface area contributed by atoms with Crippen LogP contribution in [0.4, 0.5) is 8.78 Å². The summed E-state index contributed by atoms with van der Waals surface area (Å²) in [6.45, 7) is 0. The first-order chi connectivity index (χ1) is 10.4. The van der Waals surface area contributed by atoms with Crippen molar-refractivity contribution in [2.75, 3.05) is 0 Å². The summed E-state index contributed by atoms with van der Waals surface area (Å²) < 4.78 is 51.1. The van der Waals surface area contributed by atoms with Crippen LogP contribution in [0.15, 0.2) is 59.5 Å². The quantitative estimate of drug-likeness (QED) is 0.786. The maximum atomic E-state index is 14.0. The third kappa shape index (κ3) is 2.47. The van der Waals surface area contributed by atoms with Crippen molar-refractivity contribution in [3.05, 3.63) is 66.2 Å². The van der Waals surface area contributed by atoms with Crippen molar-refractivity contribution < 1.29 is 17.2 Å². The highest BCUT2D eigenvalue weighted by Crippen LogP contribution is 2.34. The van der Waals surface area contributed by atoms with Crippen LogP contribution >= 0.6 is 0 Å². The van der Waals surface area contributed by atoms with E-state index < -0.39 is 21.7 Å². The molecule has 0 aliphatic carbocycles. The highest BCUT2D eigenvalue weighted by atomic mass is 32.2. The maximum absolute atomic E-state index is 14.0. The minimum Gasteiger partial charge on any atom is -0.225 e. The minimum atomic E-state index is -4.10. The van der Waals surface area contributed by atoms with Gasteiger partial charge < -0.3 is 0 Å². The number of benzene rings is 3. The Kier molecular flexibility index (Phi) is 3.42. The molecule has 112 valence electrons. The molecule has 0 saturated carbocycles. The van der Waals surface area contributed by atoms with Crippen LogP contribution in [0.3, 0.4) is 0 Å². The molecule has 22 heavy (non-hydrogen) atoms. The van der Waals surface area contributed by atoms with Crippen LogP contribution in [0.25, 0.3) is 21.9 Å². The SMILES string of the molecule is NS(=O)(=O)c1c(-c2ccc(F)cc2F)ccc2ccccc12. The van der Waals surface area contributed by atoms with Crippen molar-refractivity contribution in [2.24, 2.45) is 5.14 Å². The van der Waals surface area contributed by atoms with E-state index in [9.17, 15) is 17.2 Å². The van der Waals surface area contributed by atoms with Gasteiger partial charge in [-0.1, -0.05) is 36.4 Å². The lowest BCUT2D eigenvalue weighted by atomic mass is 10.0. The second kappa shape index (κ2) is 5.15. The summed E-state index contributed by atoms with van der Waals surface area (Å²) in [5.74, 6) is -1.58. The molecule has 0 aliphatic rings. The van der Waals surface area contributed by atoms with Crippen LogP contribution in [0.1, 0.15) is 0 Å². The lowest BCUT2D eigenvalue weighted by molar-refractivity contribution is 0.585. The third-order valence-corrected chi connectivity index (χ3v) is 4.39. The Morgan fingerprint density at radius 3 is 2.23 bits per heavy atom. The molecule has 0 spiro atoms. The fourth-order valence-electron chi connectivity index (χ4n) is 2.47. The number of hydrogen-bond acceptors (Lipinski definition) is 2. The van der Waals surface area contributed by atoms with E-state index in [0.29, 0.717) is 16.8 Å². The van der Waals surface area contributed by atoms with Gasteiger partial charge in [-0.25, -0.2) is 22.3 Å². The van der Waals surface area contributed by atoms with Gasteiger partial charge in [0.25, 0.3) is 0 Å². The first-order valence-corrected chi connectivity index (χ1v) is 7.92. The number of sulfonamides is 1. The summed E-state index contributed by atoms with van der Waals surface area (Å²) in [6.07, 6.45) is 0. The molecule has 0 radical (unpaired) electrons. The van der Waals surface area contributed by atoms with Crippen LogP contribution in [0.5, 0.6) is 0 Å². The molecule has 3 rings (SSSR count). The zero-order valence-corrected chi connectivity index (χ0v) is 12.1. The van der Waals surface area contributed by atoms with E-state index >= 15 is 0 Å². The predicted molar refractivity (Wildman–Crippen MR) is 80.7 cm³/mol. The fraction of sp³-hybridized carbons (Fsp3) is 0. The number of fused-ring (bicyclic) bond motifs is 1. The molecule has 0 fully saturated rings. The summed E-state index contributed by atoms with van der Waals surface area (Å²) in [7, 11) is -4.10. The summed E-state index contributed by atoms with van der Waals surface area (Å²) in [4.78, 5) is -0.170. The number of primary sulfonamides is 1. The molecule has 6 heteroatoms. The molecule has 3 nitrogen and oxygen atoms in total. The van der Waals surface area contributed by atoms with Crippen LogP contribution in [0, 0.1) is 11.6 Å². The second-order valence-electron chi connectivity index (χ2n) is 4.83. The van der Waals surface area contributed by atoms with Crippen molar-refractivity contribution in [3.63, 3.8) is 0 Å². The Labute approximate surface area is 126 Å². The van der Waals surface area contributed by atoms with Crippen molar-refractivity contribution in [1.82, 2.24) is 0 Å². The maximum Gasteiger partial charge on any atom is 0.239 e. The van der Waals surface area contributed by atoms with Crippen molar-refractivity contribution in [2.45, 2.75) is 4.90 Å². The van der Waals surface area contributed by atoms with Gasteiger partial charge in [0, 0.05) is 22.6 Å². The standard InChI is InChI=1S/C16H11F2NO2S/c17-11-6-8-13(15(18)9-11)14-7-5-10-3-1-2-4-12(10)16(14)22(19,20)21/h1-9H,(H2,19,20,21). The van der Waals surface area contributed by atoms with Crippen molar-refractivity contribution in [3.8, 4) is 11.1 Å². The largest absolute Gasteiger partial charge is 0.239 e. The molecule has 3 aromatic carbocycles. The number of halogens is 2. The van der Waals surface area contributed by atoms with Crippen molar-refractivity contribution in [1.29, 1.82) is 0 Å². The fourth-order valence-corrected chi connectivity index (χ4v) is 3.45. The van der Waals surface area contributed by atoms with Gasteiger partial charge in [-0.2, -0.15) is 0 Å². The Balaban J connectivity index is 2.44. The van der Waals surface area contributed by atoms with Crippen LogP contribution in [0.2, 0.25) is 0 Å². The normalized spacial score (nSPS) is 11.8. The van der Waals surface area contributed by atoms with Gasteiger partial charge >= 0.3 is 0 Å². The topological polar surface area (TPSA) is 60.2 Å². The molecule has 0 bridgehead atoms. The average Bonchev–Trinajstić information content (AvgIpc) is 2.45. The smallest absolute Gasteiger partial charge is 0.225 e. The summed E-state index contributed by atoms with van der Waals surface area (Å²) in [6, 6.07) is 12.9. The van der Waals surface area contributed by atoms with Crippen LogP contribution in [-0.4, -0.2) is 8.42 Å². The van der Waals surface area contributed by atoms with E-state index in [1.54, 1.807) is 30.3 Å². The van der Waals surface area contributed by atoms with Gasteiger partial charge in [-0.3, -0.25) is 0 Å². The Bertz CT molecular complexity index is 985. The summed E-state index contributed by atoms with van der Waals surface area (Å²) in [5.41, 5.74) is 0.0925. The zero-order valence-electron chi connectivity index (χ0n) is 11.3. The average molecular weight is 319 g/mol. The van der Waals surface area contributed by atoms with E-state index in [0.717, 1.165) is 6.07 Å². The van der Waals surface area contributed by atoms with Crippen molar-refractivity contribution >= 4 is 20.8 Å². The number of hydrogen-bond donors (Lipinski definition) is 1. The van der Waals surface area contributed by atoms with E-state index in [1.807, 2.05) is 0 Å². The van der Waals surface area contributed by atoms with Crippen LogP contribution in [-0.2, 0) is 10.0 Å². The first-order valence-electron chi connectivity index (χ1n) is 6.38. The summed E-state index contributed by atoms with van der Waals surface area (Å²) >= 11 is 0. The molecule has 0 aromatic heterocycles. The predicted octanol–water partition coefficient (Wildman–Crippen LogP) is 3.43. The molecule has 0 amide bonds. The molecule has 0 aliphatic heterocycles. The monoisotopic (exact) mass is 319 g/mol. The highest BCUT2D eigenvalue weighted by Gasteiger charge is 2.21. The van der Waals surface area contributed by atoms with Gasteiger partial charge in [-0.15, -0.1) is 0 Å².